The highest BCUT2D eigenvalue weighted by Gasteiger charge is 2.26. The van der Waals surface area contributed by atoms with E-state index in [4.69, 9.17) is 0 Å². The van der Waals surface area contributed by atoms with Crippen molar-refractivity contribution in [3.63, 3.8) is 0 Å². The maximum Gasteiger partial charge on any atom is 0.258 e. The molecule has 2 aliphatic rings. The Morgan fingerprint density at radius 3 is 2.92 bits per heavy atom. The van der Waals surface area contributed by atoms with Crippen LogP contribution in [0, 0.1) is 0 Å². The molecule has 6 heteroatoms. The summed E-state index contributed by atoms with van der Waals surface area (Å²) in [5.74, 6) is 0.976. The summed E-state index contributed by atoms with van der Waals surface area (Å²) in [5.41, 5.74) is 2.31. The van der Waals surface area contributed by atoms with E-state index in [1.807, 2.05) is 42.2 Å². The third-order valence-corrected chi connectivity index (χ3v) is 6.67. The highest BCUT2D eigenvalue weighted by atomic mass is 32.2. The van der Waals surface area contributed by atoms with Gasteiger partial charge in [0.2, 0.25) is 5.91 Å². The summed E-state index contributed by atoms with van der Waals surface area (Å²) >= 11 is 3.32. The van der Waals surface area contributed by atoms with Gasteiger partial charge in [0.15, 0.2) is 0 Å². The molecule has 4 nitrogen and oxygen atoms in total. The van der Waals surface area contributed by atoms with Gasteiger partial charge < -0.3 is 10.2 Å². The van der Waals surface area contributed by atoms with E-state index in [0.717, 1.165) is 33.3 Å². The van der Waals surface area contributed by atoms with Crippen LogP contribution in [0.25, 0.3) is 0 Å². The molecule has 2 heterocycles. The van der Waals surface area contributed by atoms with Gasteiger partial charge in [0.1, 0.15) is 0 Å². The van der Waals surface area contributed by atoms with Crippen LogP contribution in [-0.4, -0.2) is 29.4 Å². The standard InChI is InChI=1S/C19H18N2O2S2/c1-12-18(22)20-14-11-13(7-8-16(14)25-12)19(23)21-9-4-10-24-17-6-3-2-5-15(17)21/h2-3,5-8,11-12H,4,9-10H2,1H3,(H,20,22). The molecule has 0 aromatic heterocycles. The van der Waals surface area contributed by atoms with E-state index in [1.165, 1.54) is 11.8 Å². The van der Waals surface area contributed by atoms with Crippen LogP contribution < -0.4 is 10.2 Å². The first-order valence-electron chi connectivity index (χ1n) is 8.29. The fourth-order valence-electron chi connectivity index (χ4n) is 3.04. The second-order valence-corrected chi connectivity index (χ2v) is 8.61. The van der Waals surface area contributed by atoms with E-state index < -0.39 is 0 Å². The fraction of sp³-hybridized carbons (Fsp3) is 0.263. The Kier molecular flexibility index (Phi) is 4.48. The first-order valence-corrected chi connectivity index (χ1v) is 10.2. The predicted molar refractivity (Wildman–Crippen MR) is 104 cm³/mol. The molecule has 1 N–H and O–H groups in total. The summed E-state index contributed by atoms with van der Waals surface area (Å²) in [6, 6.07) is 13.6. The van der Waals surface area contributed by atoms with Gasteiger partial charge in [0.25, 0.3) is 5.91 Å². The van der Waals surface area contributed by atoms with Gasteiger partial charge in [-0.1, -0.05) is 12.1 Å². The lowest BCUT2D eigenvalue weighted by atomic mass is 10.1. The molecule has 0 saturated carbocycles. The fourth-order valence-corrected chi connectivity index (χ4v) is 4.96. The number of benzene rings is 2. The van der Waals surface area contributed by atoms with Crippen LogP contribution in [-0.2, 0) is 4.79 Å². The molecule has 25 heavy (non-hydrogen) atoms. The number of fused-ring (bicyclic) bond motifs is 2. The molecule has 0 fully saturated rings. The Morgan fingerprint density at radius 2 is 2.04 bits per heavy atom. The summed E-state index contributed by atoms with van der Waals surface area (Å²) in [6.07, 6.45) is 0.958. The average molecular weight is 370 g/mol. The second-order valence-electron chi connectivity index (χ2n) is 6.09. The predicted octanol–water partition coefficient (Wildman–Crippen LogP) is 4.26. The van der Waals surface area contributed by atoms with Crippen molar-refractivity contribution in [3.8, 4) is 0 Å². The van der Waals surface area contributed by atoms with Crippen LogP contribution in [0.1, 0.15) is 23.7 Å². The molecule has 128 valence electrons. The number of nitrogens with zero attached hydrogens (tertiary/aromatic N) is 1. The molecule has 1 atom stereocenters. The maximum absolute atomic E-state index is 13.1. The van der Waals surface area contributed by atoms with Crippen molar-refractivity contribution in [2.24, 2.45) is 0 Å². The van der Waals surface area contributed by atoms with E-state index in [0.29, 0.717) is 12.1 Å². The Labute approximate surface area is 155 Å². The zero-order chi connectivity index (χ0) is 17.4. The van der Waals surface area contributed by atoms with Crippen molar-refractivity contribution in [2.75, 3.05) is 22.5 Å². The van der Waals surface area contributed by atoms with Gasteiger partial charge in [-0.2, -0.15) is 0 Å². The average Bonchev–Trinajstić information content (AvgIpc) is 2.84. The molecule has 2 aromatic rings. The van der Waals surface area contributed by atoms with Crippen LogP contribution in [0.15, 0.2) is 52.3 Å². The number of carbonyl (C=O) groups is 2. The molecule has 2 aromatic carbocycles. The Balaban J connectivity index is 1.68. The molecule has 2 amide bonds. The number of anilines is 2. The van der Waals surface area contributed by atoms with Gasteiger partial charge in [0.05, 0.1) is 16.6 Å². The summed E-state index contributed by atoms with van der Waals surface area (Å²) in [6.45, 7) is 2.59. The summed E-state index contributed by atoms with van der Waals surface area (Å²) in [7, 11) is 0. The monoisotopic (exact) mass is 370 g/mol. The van der Waals surface area contributed by atoms with Gasteiger partial charge in [-0.25, -0.2) is 0 Å². The lowest BCUT2D eigenvalue weighted by molar-refractivity contribution is -0.115. The molecular formula is C19H18N2O2S2. The summed E-state index contributed by atoms with van der Waals surface area (Å²) < 4.78 is 0. The number of para-hydroxylation sites is 1. The van der Waals surface area contributed by atoms with E-state index in [9.17, 15) is 9.59 Å². The molecule has 0 saturated heterocycles. The molecule has 0 spiro atoms. The number of rotatable bonds is 1. The lowest BCUT2D eigenvalue weighted by Crippen LogP contribution is -2.32. The molecular weight excluding hydrogens is 352 g/mol. The van der Waals surface area contributed by atoms with E-state index in [-0.39, 0.29) is 17.1 Å². The SMILES string of the molecule is CC1Sc2ccc(C(=O)N3CCCSc4ccccc43)cc2NC1=O. The minimum atomic E-state index is -0.108. The third kappa shape index (κ3) is 3.16. The van der Waals surface area contributed by atoms with Crippen molar-refractivity contribution in [1.82, 2.24) is 0 Å². The minimum Gasteiger partial charge on any atom is -0.324 e. The third-order valence-electron chi connectivity index (χ3n) is 4.34. The van der Waals surface area contributed by atoms with E-state index >= 15 is 0 Å². The lowest BCUT2D eigenvalue weighted by Gasteiger charge is -2.25. The van der Waals surface area contributed by atoms with Crippen LogP contribution in [0.5, 0.6) is 0 Å². The molecule has 1 unspecified atom stereocenters. The Bertz CT molecular complexity index is 853. The minimum absolute atomic E-state index is 0.0152. The summed E-state index contributed by atoms with van der Waals surface area (Å²) in [5, 5.41) is 2.80. The van der Waals surface area contributed by atoms with Gasteiger partial charge in [-0.3, -0.25) is 9.59 Å². The summed E-state index contributed by atoms with van der Waals surface area (Å²) in [4.78, 5) is 29.1. The number of hydrogen-bond acceptors (Lipinski definition) is 4. The van der Waals surface area contributed by atoms with E-state index in [1.54, 1.807) is 17.8 Å². The zero-order valence-corrected chi connectivity index (χ0v) is 15.5. The quantitative estimate of drug-likeness (QED) is 0.815. The van der Waals surface area contributed by atoms with Gasteiger partial charge >= 0.3 is 0 Å². The Hall–Kier alpha value is -1.92. The van der Waals surface area contributed by atoms with Crippen molar-refractivity contribution in [3.05, 3.63) is 48.0 Å². The van der Waals surface area contributed by atoms with Gasteiger partial charge in [-0.05, 0) is 49.4 Å². The maximum atomic E-state index is 13.1. The normalized spacial score (nSPS) is 19.5. The van der Waals surface area contributed by atoms with Crippen molar-refractivity contribution < 1.29 is 9.59 Å². The number of carbonyl (C=O) groups excluding carboxylic acids is 2. The molecule has 0 radical (unpaired) electrons. The topological polar surface area (TPSA) is 49.4 Å². The molecule has 0 bridgehead atoms. The smallest absolute Gasteiger partial charge is 0.258 e. The molecule has 2 aliphatic heterocycles. The number of nitrogens with one attached hydrogen (secondary N) is 1. The second kappa shape index (κ2) is 6.77. The number of amides is 2. The van der Waals surface area contributed by atoms with Crippen molar-refractivity contribution in [1.29, 1.82) is 0 Å². The van der Waals surface area contributed by atoms with Crippen LogP contribution in [0.3, 0.4) is 0 Å². The van der Waals surface area contributed by atoms with Gasteiger partial charge in [0, 0.05) is 21.9 Å². The van der Waals surface area contributed by atoms with Crippen molar-refractivity contribution in [2.45, 2.75) is 28.4 Å². The van der Waals surface area contributed by atoms with E-state index in [2.05, 4.69) is 11.4 Å². The number of thioether (sulfide) groups is 2. The van der Waals surface area contributed by atoms with Crippen LogP contribution in [0.4, 0.5) is 11.4 Å². The zero-order valence-electron chi connectivity index (χ0n) is 13.8. The Morgan fingerprint density at radius 1 is 1.20 bits per heavy atom. The molecule has 4 rings (SSSR count). The van der Waals surface area contributed by atoms with Crippen molar-refractivity contribution >= 4 is 46.7 Å². The number of hydrogen-bond donors (Lipinski definition) is 1. The van der Waals surface area contributed by atoms with Crippen LogP contribution in [0.2, 0.25) is 0 Å². The highest BCUT2D eigenvalue weighted by molar-refractivity contribution is 8.01. The van der Waals surface area contributed by atoms with Gasteiger partial charge in [-0.15, -0.1) is 23.5 Å². The first-order chi connectivity index (χ1) is 12.1. The largest absolute Gasteiger partial charge is 0.324 e. The van der Waals surface area contributed by atoms with Crippen LogP contribution >= 0.6 is 23.5 Å². The molecule has 0 aliphatic carbocycles. The first kappa shape index (κ1) is 16.5. The highest BCUT2D eigenvalue weighted by Crippen LogP contribution is 2.37.